The number of nitrogens with two attached hydrogens (primary N) is 1. The van der Waals surface area contributed by atoms with E-state index in [0.29, 0.717) is 4.57 Å². The van der Waals surface area contributed by atoms with Crippen molar-refractivity contribution < 1.29 is 147 Å². The number of hydrogen-bond acceptors (Lipinski definition) is 13. The van der Waals surface area contributed by atoms with Gasteiger partial charge in [0, 0.05) is 31.6 Å². The molecule has 6 N–H and O–H groups in total. The smallest absolute Gasteiger partial charge is 0.858 e. The molecule has 1 fully saturated rings. The molecule has 3 unspecified atom stereocenters. The van der Waals surface area contributed by atoms with Crippen molar-refractivity contribution in [1.29, 1.82) is 0 Å². The fourth-order valence-corrected chi connectivity index (χ4v) is 8.98. The number of aliphatic hydroxyl groups excluding tert-OH is 2. The van der Waals surface area contributed by atoms with Crippen LogP contribution < -0.4 is 115 Å². The zero-order valence-corrected chi connectivity index (χ0v) is 27.6. The predicted molar refractivity (Wildman–Crippen MR) is 100 cm³/mol. The molecule has 0 bridgehead atoms. The van der Waals surface area contributed by atoms with Crippen molar-refractivity contribution in [3.63, 3.8) is 0 Å². The van der Waals surface area contributed by atoms with Gasteiger partial charge in [0.1, 0.15) is 19.8 Å². The molecule has 1 aromatic rings. The fourth-order valence-electron chi connectivity index (χ4n) is 2.69. The zero-order valence-electron chi connectivity index (χ0n) is 18.9. The first-order valence-electron chi connectivity index (χ1n) is 8.56. The van der Waals surface area contributed by atoms with E-state index in [-0.39, 0.29) is 101 Å². The van der Waals surface area contributed by atoms with E-state index in [1.807, 2.05) is 0 Å². The van der Waals surface area contributed by atoms with Crippen molar-refractivity contribution in [2.24, 2.45) is 5.73 Å². The van der Waals surface area contributed by atoms with Crippen LogP contribution in [0, 0.1) is 0 Å². The average molecular weight is 587 g/mol. The summed E-state index contributed by atoms with van der Waals surface area (Å²) in [7, 11) is -15.7. The summed E-state index contributed by atoms with van der Waals surface area (Å²) in [6.07, 6.45) is -4.43. The third kappa shape index (κ3) is 11.8. The standard InChI is InChI=1S/C13H22N3O13P3.3Na/c14-3-1-2-7-4-16(13(20)15-10(7)19)11-8(17)9(18)12(28-11)29-32(26,27)6-30(21,22)5-31(23,24)25;;;/h1-2,4,8-9,11-12,17-18H,3,5-6,14H2,(H,21,22)(H,26,27)(H,15,19,20)(H2,23,24,25);;;/q;3*+1/p-3/b2-1+;;;/t8-,9+,11-,12-;;;/m1.../s1. The fraction of sp³-hybridized carbons (Fsp3) is 0.538. The van der Waals surface area contributed by atoms with Gasteiger partial charge >= 0.3 is 102 Å². The Hall–Kier alpha value is 1.75. The second kappa shape index (κ2) is 15.5. The molecule has 1 aliphatic heterocycles. The topological polar surface area (TPSA) is 281 Å². The third-order valence-corrected chi connectivity index (χ3v) is 10.7. The minimum absolute atomic E-state index is 0. The van der Waals surface area contributed by atoms with E-state index in [1.165, 1.54) is 12.2 Å². The Bertz CT molecular complexity index is 1080. The van der Waals surface area contributed by atoms with Crippen LogP contribution in [0.2, 0.25) is 0 Å². The molecule has 182 valence electrons. The monoisotopic (exact) mass is 587 g/mol. The van der Waals surface area contributed by atoms with Crippen LogP contribution in [0.25, 0.3) is 6.08 Å². The molecule has 1 aliphatic rings. The molecule has 0 radical (unpaired) electrons. The molecule has 0 aliphatic carbocycles. The summed E-state index contributed by atoms with van der Waals surface area (Å²) in [5, 5.41) is 32.0. The van der Waals surface area contributed by atoms with Gasteiger partial charge in [-0.2, -0.15) is 0 Å². The van der Waals surface area contributed by atoms with Gasteiger partial charge in [-0.3, -0.25) is 13.7 Å². The maximum atomic E-state index is 12.1. The van der Waals surface area contributed by atoms with Gasteiger partial charge in [0.25, 0.3) is 0 Å². The Labute approximate surface area is 265 Å². The average Bonchev–Trinajstić information content (AvgIpc) is 2.85. The molecule has 0 amide bonds. The van der Waals surface area contributed by atoms with Crippen molar-refractivity contribution in [2.45, 2.75) is 24.7 Å². The second-order valence-corrected chi connectivity index (χ2v) is 13.3. The molecule has 16 nitrogen and oxygen atoms in total. The first-order valence-corrected chi connectivity index (χ1v) is 14.1. The van der Waals surface area contributed by atoms with E-state index < -0.39 is 70.7 Å². The SMILES string of the molecule is NC/C=C/c1cn([C@@H]2O[C@H](OP(=O)(O)CP(=O)([O-])CP(=O)([O-])O)[C@@H](O)[C@H]2O)c(=O)nc1[O-].[Na+].[Na+].[Na+]. The van der Waals surface area contributed by atoms with E-state index in [0.717, 1.165) is 6.20 Å². The minimum atomic E-state index is -5.32. The van der Waals surface area contributed by atoms with E-state index in [1.54, 1.807) is 0 Å². The number of aromatic nitrogens is 2. The third-order valence-electron chi connectivity index (χ3n) is 3.90. The van der Waals surface area contributed by atoms with E-state index in [2.05, 4.69) is 9.51 Å². The molecule has 2 rings (SSSR count). The summed E-state index contributed by atoms with van der Waals surface area (Å²) in [6.45, 7) is 0.0448. The van der Waals surface area contributed by atoms with Crippen LogP contribution >= 0.6 is 22.6 Å². The first kappa shape index (κ1) is 38.9. The Morgan fingerprint density at radius 1 is 1.14 bits per heavy atom. The molecular weight excluding hydrogens is 568 g/mol. The van der Waals surface area contributed by atoms with Gasteiger partial charge in [-0.1, -0.05) is 12.2 Å². The van der Waals surface area contributed by atoms with Crippen LogP contribution in [-0.4, -0.2) is 66.4 Å². The van der Waals surface area contributed by atoms with E-state index in [4.69, 9.17) is 15.4 Å². The summed E-state index contributed by atoms with van der Waals surface area (Å²) >= 11 is 0. The van der Waals surface area contributed by atoms with Crippen LogP contribution in [0.4, 0.5) is 0 Å². The van der Waals surface area contributed by atoms with Crippen molar-refractivity contribution >= 4 is 28.6 Å². The first-order chi connectivity index (χ1) is 14.6. The number of rotatable bonds is 9. The van der Waals surface area contributed by atoms with Crippen LogP contribution in [0.3, 0.4) is 0 Å². The van der Waals surface area contributed by atoms with Gasteiger partial charge in [0.15, 0.2) is 12.5 Å². The molecule has 35 heavy (non-hydrogen) atoms. The van der Waals surface area contributed by atoms with Crippen molar-refractivity contribution in [3.8, 4) is 5.88 Å². The maximum absolute atomic E-state index is 12.1. The molecule has 0 aromatic carbocycles. The van der Waals surface area contributed by atoms with Gasteiger partial charge in [0.2, 0.25) is 0 Å². The van der Waals surface area contributed by atoms with Gasteiger partial charge in [0.05, 0.1) is 11.8 Å². The summed E-state index contributed by atoms with van der Waals surface area (Å²) in [5.74, 6) is -4.47. The Balaban J connectivity index is 0. The summed E-state index contributed by atoms with van der Waals surface area (Å²) in [4.78, 5) is 56.1. The van der Waals surface area contributed by atoms with Gasteiger partial charge in [-0.05, 0) is 0 Å². The van der Waals surface area contributed by atoms with Crippen LogP contribution in [0.5, 0.6) is 5.88 Å². The summed E-state index contributed by atoms with van der Waals surface area (Å²) in [6, 6.07) is 0. The summed E-state index contributed by atoms with van der Waals surface area (Å²) in [5.41, 5.74) is 3.93. The summed E-state index contributed by atoms with van der Waals surface area (Å²) < 4.78 is 44.8. The quantitative estimate of drug-likeness (QED) is 0.132. The molecule has 22 heteroatoms. The Morgan fingerprint density at radius 2 is 1.71 bits per heavy atom. The number of nitrogens with zero attached hydrogens (tertiary/aromatic N) is 2. The van der Waals surface area contributed by atoms with Gasteiger partial charge in [-0.25, -0.2) is 9.78 Å². The van der Waals surface area contributed by atoms with Crippen LogP contribution in [0.15, 0.2) is 17.1 Å². The molecule has 1 aromatic heterocycles. The van der Waals surface area contributed by atoms with Crippen molar-refractivity contribution in [2.75, 3.05) is 18.4 Å². The van der Waals surface area contributed by atoms with Crippen LogP contribution in [0.1, 0.15) is 11.8 Å². The van der Waals surface area contributed by atoms with Crippen LogP contribution in [-0.2, 0) is 23.0 Å². The van der Waals surface area contributed by atoms with Gasteiger partial charge < -0.3 is 54.5 Å². The largest absolute Gasteiger partial charge is 1.00 e. The van der Waals surface area contributed by atoms with Crippen molar-refractivity contribution in [1.82, 2.24) is 9.55 Å². The van der Waals surface area contributed by atoms with Crippen molar-refractivity contribution in [3.05, 3.63) is 28.3 Å². The molecule has 0 spiro atoms. The van der Waals surface area contributed by atoms with E-state index >= 15 is 0 Å². The molecular formula is C13H19N3Na3O13P3. The Kier molecular flexibility index (Phi) is 17.2. The number of aliphatic hydroxyl groups is 2. The minimum Gasteiger partial charge on any atom is -0.858 e. The molecule has 1 saturated heterocycles. The molecule has 0 saturated carbocycles. The van der Waals surface area contributed by atoms with E-state index in [9.17, 15) is 48.5 Å². The molecule has 2 heterocycles. The Morgan fingerprint density at radius 3 is 2.23 bits per heavy atom. The molecule has 7 atom stereocenters. The maximum Gasteiger partial charge on any atom is 1.00 e. The predicted octanol–water partition coefficient (Wildman–Crippen LogP) is -12.8. The van der Waals surface area contributed by atoms with Gasteiger partial charge in [-0.15, -0.1) is 0 Å². The normalized spacial score (nSPS) is 26.9. The number of hydrogen-bond donors (Lipinski definition) is 5. The zero-order chi connectivity index (χ0) is 24.5. The number of ether oxygens (including phenoxy) is 1. The second-order valence-electron chi connectivity index (χ2n) is 6.68.